The number of aliphatic carboxylic acids is 1. The molecule has 0 spiro atoms. The Hall–Kier alpha value is -2.57. The van der Waals surface area contributed by atoms with Gasteiger partial charge in [-0.2, -0.15) is 0 Å². The highest BCUT2D eigenvalue weighted by atomic mass is 16.6. The van der Waals surface area contributed by atoms with Gasteiger partial charge in [-0.15, -0.1) is 0 Å². The lowest BCUT2D eigenvalue weighted by molar-refractivity contribution is -0.142. The molecule has 0 fully saturated rings. The van der Waals surface area contributed by atoms with E-state index in [1.807, 2.05) is 6.07 Å². The van der Waals surface area contributed by atoms with Crippen molar-refractivity contribution < 1.29 is 24.2 Å². The first-order chi connectivity index (χ1) is 11.1. The van der Waals surface area contributed by atoms with E-state index in [0.29, 0.717) is 0 Å². The molecule has 0 aliphatic rings. The van der Waals surface area contributed by atoms with Gasteiger partial charge in [-0.05, 0) is 33.3 Å². The zero-order valence-electron chi connectivity index (χ0n) is 14.3. The smallest absolute Gasteiger partial charge is 0.408 e. The summed E-state index contributed by atoms with van der Waals surface area (Å²) in [5, 5.41) is 14.1. The Morgan fingerprint density at radius 1 is 1.12 bits per heavy atom. The molecule has 0 saturated heterocycles. The molecule has 0 heterocycles. The van der Waals surface area contributed by atoms with Crippen LogP contribution in [-0.4, -0.2) is 40.8 Å². The summed E-state index contributed by atoms with van der Waals surface area (Å²) in [5.74, 6) is -1.74. The van der Waals surface area contributed by atoms with Crippen LogP contribution in [0, 0.1) is 0 Å². The van der Waals surface area contributed by atoms with Crippen LogP contribution in [0.25, 0.3) is 0 Å². The molecular formula is C17H24N2O5. The van der Waals surface area contributed by atoms with Crippen molar-refractivity contribution in [3.63, 3.8) is 0 Å². The van der Waals surface area contributed by atoms with E-state index in [4.69, 9.17) is 4.74 Å². The highest BCUT2D eigenvalue weighted by Gasteiger charge is 2.25. The number of hydrogen-bond donors (Lipinski definition) is 3. The fourth-order valence-corrected chi connectivity index (χ4v) is 1.90. The number of carboxylic acids is 1. The largest absolute Gasteiger partial charge is 0.480 e. The fourth-order valence-electron chi connectivity index (χ4n) is 1.90. The molecule has 0 bridgehead atoms. The van der Waals surface area contributed by atoms with E-state index < -0.39 is 35.7 Å². The lowest BCUT2D eigenvalue weighted by atomic mass is 10.1. The summed E-state index contributed by atoms with van der Waals surface area (Å²) < 4.78 is 5.06. The van der Waals surface area contributed by atoms with Gasteiger partial charge in [0.05, 0.1) is 0 Å². The second-order valence-electron chi connectivity index (χ2n) is 6.46. The highest BCUT2D eigenvalue weighted by molar-refractivity contribution is 5.89. The lowest BCUT2D eigenvalue weighted by Crippen LogP contribution is -2.51. The predicted molar refractivity (Wildman–Crippen MR) is 88.5 cm³/mol. The minimum absolute atomic E-state index is 0.154. The van der Waals surface area contributed by atoms with Gasteiger partial charge in [0, 0.05) is 6.42 Å². The van der Waals surface area contributed by atoms with Gasteiger partial charge in [0.15, 0.2) is 0 Å². The van der Waals surface area contributed by atoms with Crippen LogP contribution in [-0.2, 0) is 20.7 Å². The van der Waals surface area contributed by atoms with E-state index in [2.05, 4.69) is 10.6 Å². The van der Waals surface area contributed by atoms with Crippen LogP contribution in [0.4, 0.5) is 4.79 Å². The van der Waals surface area contributed by atoms with Gasteiger partial charge in [-0.25, -0.2) is 9.59 Å². The van der Waals surface area contributed by atoms with Crippen LogP contribution in [0.5, 0.6) is 0 Å². The maximum Gasteiger partial charge on any atom is 0.408 e. The summed E-state index contributed by atoms with van der Waals surface area (Å²) >= 11 is 0. The van der Waals surface area contributed by atoms with E-state index in [1.54, 1.807) is 45.0 Å². The molecule has 0 radical (unpaired) electrons. The number of hydrogen-bond acceptors (Lipinski definition) is 4. The minimum atomic E-state index is -1.14. The molecule has 0 saturated carbocycles. The molecule has 7 nitrogen and oxygen atoms in total. The molecule has 2 atom stereocenters. The summed E-state index contributed by atoms with van der Waals surface area (Å²) in [7, 11) is 0. The summed E-state index contributed by atoms with van der Waals surface area (Å²) in [6.07, 6.45) is -0.582. The number of rotatable bonds is 6. The third kappa shape index (κ3) is 7.13. The number of benzene rings is 1. The standard InChI is InChI=1S/C17H24N2O5/c1-11(18-16(23)24-17(2,3)4)14(20)19-13(15(21)22)10-12-8-6-5-7-9-12/h5-9,11,13H,10H2,1-4H3,(H,18,23)(H,19,20)(H,21,22)/t11-,13+/m1/s1. The van der Waals surface area contributed by atoms with Gasteiger partial charge in [0.2, 0.25) is 5.91 Å². The third-order valence-electron chi connectivity index (χ3n) is 3.02. The number of nitrogens with one attached hydrogen (secondary N) is 2. The number of ether oxygens (including phenoxy) is 1. The Bertz CT molecular complexity index is 580. The zero-order valence-corrected chi connectivity index (χ0v) is 14.3. The molecular weight excluding hydrogens is 312 g/mol. The summed E-state index contributed by atoms with van der Waals surface area (Å²) in [6.45, 7) is 6.58. The molecule has 0 unspecified atom stereocenters. The average Bonchev–Trinajstić information content (AvgIpc) is 2.45. The van der Waals surface area contributed by atoms with E-state index >= 15 is 0 Å². The first kappa shape index (κ1) is 19.5. The number of alkyl carbamates (subject to hydrolysis) is 1. The molecule has 0 aliphatic carbocycles. The van der Waals surface area contributed by atoms with Crippen molar-refractivity contribution >= 4 is 18.0 Å². The molecule has 1 aromatic carbocycles. The van der Waals surface area contributed by atoms with Crippen molar-refractivity contribution in [3.8, 4) is 0 Å². The van der Waals surface area contributed by atoms with Crippen molar-refractivity contribution in [2.45, 2.75) is 51.8 Å². The maximum absolute atomic E-state index is 12.1. The summed E-state index contributed by atoms with van der Waals surface area (Å²) in [4.78, 5) is 35.1. The van der Waals surface area contributed by atoms with Crippen molar-refractivity contribution in [2.24, 2.45) is 0 Å². The predicted octanol–water partition coefficient (Wildman–Crippen LogP) is 1.71. The Balaban J connectivity index is 2.61. The third-order valence-corrected chi connectivity index (χ3v) is 3.02. The van der Waals surface area contributed by atoms with Gasteiger partial charge < -0.3 is 20.5 Å². The maximum atomic E-state index is 12.1. The Labute approximate surface area is 141 Å². The minimum Gasteiger partial charge on any atom is -0.480 e. The molecule has 1 aromatic rings. The molecule has 0 aliphatic heterocycles. The summed E-state index contributed by atoms with van der Waals surface area (Å²) in [6, 6.07) is 6.98. The molecule has 0 aromatic heterocycles. The SMILES string of the molecule is C[C@@H](NC(=O)OC(C)(C)C)C(=O)N[C@@H](Cc1ccccc1)C(=O)O. The van der Waals surface area contributed by atoms with Gasteiger partial charge in [-0.1, -0.05) is 30.3 Å². The second-order valence-corrected chi connectivity index (χ2v) is 6.46. The Morgan fingerprint density at radius 3 is 2.21 bits per heavy atom. The van der Waals surface area contributed by atoms with E-state index in [1.165, 1.54) is 6.92 Å². The zero-order chi connectivity index (χ0) is 18.3. The normalized spacial score (nSPS) is 13.5. The average molecular weight is 336 g/mol. The molecule has 1 rings (SSSR count). The van der Waals surface area contributed by atoms with Crippen molar-refractivity contribution in [1.29, 1.82) is 0 Å². The van der Waals surface area contributed by atoms with Crippen LogP contribution < -0.4 is 10.6 Å². The monoisotopic (exact) mass is 336 g/mol. The van der Waals surface area contributed by atoms with E-state index in [-0.39, 0.29) is 6.42 Å². The molecule has 2 amide bonds. The van der Waals surface area contributed by atoms with Crippen LogP contribution >= 0.6 is 0 Å². The van der Waals surface area contributed by atoms with Gasteiger partial charge in [0.25, 0.3) is 0 Å². The van der Waals surface area contributed by atoms with Crippen molar-refractivity contribution in [1.82, 2.24) is 10.6 Å². The topological polar surface area (TPSA) is 105 Å². The van der Waals surface area contributed by atoms with Crippen LogP contribution in [0.15, 0.2) is 30.3 Å². The number of carbonyl (C=O) groups is 3. The molecule has 132 valence electrons. The number of carboxylic acid groups (broad SMARTS) is 1. The molecule has 24 heavy (non-hydrogen) atoms. The molecule has 7 heteroatoms. The van der Waals surface area contributed by atoms with Gasteiger partial charge in [-0.3, -0.25) is 4.79 Å². The first-order valence-corrected chi connectivity index (χ1v) is 7.65. The van der Waals surface area contributed by atoms with E-state index in [0.717, 1.165) is 5.56 Å². The first-order valence-electron chi connectivity index (χ1n) is 7.65. The van der Waals surface area contributed by atoms with Crippen LogP contribution in [0.2, 0.25) is 0 Å². The van der Waals surface area contributed by atoms with E-state index in [9.17, 15) is 19.5 Å². The van der Waals surface area contributed by atoms with Crippen LogP contribution in [0.3, 0.4) is 0 Å². The van der Waals surface area contributed by atoms with Gasteiger partial charge in [0.1, 0.15) is 17.7 Å². The summed E-state index contributed by atoms with van der Waals surface area (Å²) in [5.41, 5.74) is 0.106. The van der Waals surface area contributed by atoms with Crippen molar-refractivity contribution in [3.05, 3.63) is 35.9 Å². The van der Waals surface area contributed by atoms with Gasteiger partial charge >= 0.3 is 12.1 Å². The Kier molecular flexibility index (Phi) is 6.76. The molecule has 3 N–H and O–H groups in total. The number of amides is 2. The van der Waals surface area contributed by atoms with Crippen LogP contribution in [0.1, 0.15) is 33.3 Å². The Morgan fingerprint density at radius 2 is 1.71 bits per heavy atom. The quantitative estimate of drug-likeness (QED) is 0.733. The van der Waals surface area contributed by atoms with Crippen molar-refractivity contribution in [2.75, 3.05) is 0 Å². The lowest BCUT2D eigenvalue weighted by Gasteiger charge is -2.22. The number of carbonyl (C=O) groups excluding carboxylic acids is 2. The highest BCUT2D eigenvalue weighted by Crippen LogP contribution is 2.07. The fraction of sp³-hybridized carbons (Fsp3) is 0.471. The second kappa shape index (κ2) is 8.33.